The molecule has 2 aromatic rings. The molecule has 0 bridgehead atoms. The Labute approximate surface area is 107 Å². The molecule has 1 saturated carbocycles. The van der Waals surface area contributed by atoms with Crippen molar-refractivity contribution in [3.05, 3.63) is 36.2 Å². The Hall–Kier alpha value is -2.21. The van der Waals surface area contributed by atoms with Crippen LogP contribution in [0.15, 0.2) is 30.3 Å². The number of aromatic nitrogens is 2. The van der Waals surface area contributed by atoms with Gasteiger partial charge in [0, 0.05) is 11.5 Å². The van der Waals surface area contributed by atoms with Crippen LogP contribution < -0.4 is 5.73 Å². The summed E-state index contributed by atoms with van der Waals surface area (Å²) < 4.78 is 1.97. The molecule has 0 saturated heterocycles. The summed E-state index contributed by atoms with van der Waals surface area (Å²) in [7, 11) is 0. The zero-order chi connectivity index (χ0) is 12.5. The van der Waals surface area contributed by atoms with Gasteiger partial charge in [0.2, 0.25) is 0 Å². The Balaban J connectivity index is 2.11. The van der Waals surface area contributed by atoms with Gasteiger partial charge < -0.3 is 10.3 Å². The SMILES string of the molecule is C#CCn1c(C2CC2)nc(-c2ccccc2)c1N. The lowest BCUT2D eigenvalue weighted by molar-refractivity contribution is 0.762. The second-order valence-corrected chi connectivity index (χ2v) is 4.63. The maximum atomic E-state index is 6.19. The Kier molecular flexibility index (Phi) is 2.56. The van der Waals surface area contributed by atoms with Crippen LogP contribution in [-0.2, 0) is 6.54 Å². The first-order chi connectivity index (χ1) is 8.81. The van der Waals surface area contributed by atoms with Gasteiger partial charge in [-0.3, -0.25) is 0 Å². The molecule has 1 heterocycles. The highest BCUT2D eigenvalue weighted by atomic mass is 15.1. The lowest BCUT2D eigenvalue weighted by atomic mass is 10.1. The summed E-state index contributed by atoms with van der Waals surface area (Å²) in [6.07, 6.45) is 7.79. The molecule has 2 N–H and O–H groups in total. The van der Waals surface area contributed by atoms with E-state index < -0.39 is 0 Å². The molecule has 1 aliphatic carbocycles. The number of hydrogen-bond donors (Lipinski definition) is 1. The van der Waals surface area contributed by atoms with E-state index in [0.29, 0.717) is 18.3 Å². The Morgan fingerprint density at radius 1 is 1.33 bits per heavy atom. The second kappa shape index (κ2) is 4.23. The summed E-state index contributed by atoms with van der Waals surface area (Å²) in [6.45, 7) is 0.498. The van der Waals surface area contributed by atoms with Crippen molar-refractivity contribution in [2.75, 3.05) is 5.73 Å². The number of nitrogen functional groups attached to an aromatic ring is 1. The number of terminal acetylenes is 1. The molecule has 0 radical (unpaired) electrons. The summed E-state index contributed by atoms with van der Waals surface area (Å²) in [5.74, 6) is 4.92. The average molecular weight is 237 g/mol. The van der Waals surface area contributed by atoms with Crippen LogP contribution in [0.3, 0.4) is 0 Å². The highest BCUT2D eigenvalue weighted by Gasteiger charge is 2.30. The van der Waals surface area contributed by atoms with Crippen molar-refractivity contribution in [3.63, 3.8) is 0 Å². The molecule has 3 heteroatoms. The van der Waals surface area contributed by atoms with E-state index in [1.165, 1.54) is 12.8 Å². The molecule has 3 nitrogen and oxygen atoms in total. The third-order valence-electron chi connectivity index (χ3n) is 3.28. The second-order valence-electron chi connectivity index (χ2n) is 4.63. The Morgan fingerprint density at radius 3 is 2.67 bits per heavy atom. The van der Waals surface area contributed by atoms with Gasteiger partial charge in [0.1, 0.15) is 17.3 Å². The van der Waals surface area contributed by atoms with E-state index in [9.17, 15) is 0 Å². The van der Waals surface area contributed by atoms with Crippen LogP contribution in [-0.4, -0.2) is 9.55 Å². The first kappa shape index (κ1) is 10.9. The molecular weight excluding hydrogens is 222 g/mol. The lowest BCUT2D eigenvalue weighted by Crippen LogP contribution is -2.05. The predicted octanol–water partition coefficient (Wildman–Crippen LogP) is 2.64. The van der Waals surface area contributed by atoms with Gasteiger partial charge in [0.05, 0.1) is 6.54 Å². The molecule has 0 unspecified atom stereocenters. The fraction of sp³-hybridized carbons (Fsp3) is 0.267. The fourth-order valence-electron chi connectivity index (χ4n) is 2.20. The summed E-state index contributed by atoms with van der Waals surface area (Å²) >= 11 is 0. The molecule has 1 aromatic carbocycles. The van der Waals surface area contributed by atoms with E-state index in [2.05, 4.69) is 5.92 Å². The minimum atomic E-state index is 0.498. The summed E-state index contributed by atoms with van der Waals surface area (Å²) in [6, 6.07) is 10.0. The van der Waals surface area contributed by atoms with Gasteiger partial charge in [0.15, 0.2) is 0 Å². The smallest absolute Gasteiger partial charge is 0.132 e. The number of hydrogen-bond acceptors (Lipinski definition) is 2. The van der Waals surface area contributed by atoms with Crippen LogP contribution in [0, 0.1) is 12.3 Å². The molecule has 0 amide bonds. The minimum absolute atomic E-state index is 0.498. The number of benzene rings is 1. The van der Waals surface area contributed by atoms with E-state index >= 15 is 0 Å². The van der Waals surface area contributed by atoms with Crippen molar-refractivity contribution in [1.82, 2.24) is 9.55 Å². The zero-order valence-electron chi connectivity index (χ0n) is 10.1. The van der Waals surface area contributed by atoms with Gasteiger partial charge in [-0.15, -0.1) is 6.42 Å². The predicted molar refractivity (Wildman–Crippen MR) is 72.9 cm³/mol. The van der Waals surface area contributed by atoms with Crippen molar-refractivity contribution >= 4 is 5.82 Å². The van der Waals surface area contributed by atoms with E-state index in [0.717, 1.165) is 17.1 Å². The lowest BCUT2D eigenvalue weighted by Gasteiger charge is -2.04. The zero-order valence-corrected chi connectivity index (χ0v) is 10.1. The Morgan fingerprint density at radius 2 is 2.06 bits per heavy atom. The van der Waals surface area contributed by atoms with Gasteiger partial charge >= 0.3 is 0 Å². The van der Waals surface area contributed by atoms with Crippen molar-refractivity contribution in [1.29, 1.82) is 0 Å². The summed E-state index contributed by atoms with van der Waals surface area (Å²) in [4.78, 5) is 4.70. The normalized spacial score (nSPS) is 14.4. The molecule has 90 valence electrons. The Bertz CT molecular complexity index is 601. The van der Waals surface area contributed by atoms with Crippen LogP contribution in [0.2, 0.25) is 0 Å². The van der Waals surface area contributed by atoms with Crippen LogP contribution in [0.25, 0.3) is 11.3 Å². The van der Waals surface area contributed by atoms with Crippen molar-refractivity contribution in [2.24, 2.45) is 0 Å². The quantitative estimate of drug-likeness (QED) is 0.834. The highest BCUT2D eigenvalue weighted by Crippen LogP contribution is 2.42. The third kappa shape index (κ3) is 1.76. The molecule has 1 fully saturated rings. The topological polar surface area (TPSA) is 43.8 Å². The molecule has 0 aliphatic heterocycles. The van der Waals surface area contributed by atoms with Crippen LogP contribution >= 0.6 is 0 Å². The van der Waals surface area contributed by atoms with Crippen LogP contribution in [0.4, 0.5) is 5.82 Å². The molecule has 3 rings (SSSR count). The standard InChI is InChI=1S/C15H15N3/c1-2-10-18-14(16)13(11-6-4-3-5-7-11)17-15(18)12-8-9-12/h1,3-7,12H,8-10,16H2. The van der Waals surface area contributed by atoms with Gasteiger partial charge in [-0.05, 0) is 12.8 Å². The number of anilines is 1. The van der Waals surface area contributed by atoms with E-state index in [-0.39, 0.29) is 0 Å². The molecule has 18 heavy (non-hydrogen) atoms. The summed E-state index contributed by atoms with van der Waals surface area (Å²) in [5.41, 5.74) is 8.10. The van der Waals surface area contributed by atoms with E-state index in [1.54, 1.807) is 0 Å². The largest absolute Gasteiger partial charge is 0.383 e. The number of nitrogens with two attached hydrogens (primary N) is 1. The third-order valence-corrected chi connectivity index (χ3v) is 3.28. The van der Waals surface area contributed by atoms with Crippen molar-refractivity contribution in [3.8, 4) is 23.6 Å². The summed E-state index contributed by atoms with van der Waals surface area (Å²) in [5, 5.41) is 0. The molecule has 1 aromatic heterocycles. The maximum Gasteiger partial charge on any atom is 0.132 e. The van der Waals surface area contributed by atoms with Gasteiger partial charge in [-0.1, -0.05) is 36.3 Å². The monoisotopic (exact) mass is 237 g/mol. The molecular formula is C15H15N3. The number of rotatable bonds is 3. The van der Waals surface area contributed by atoms with Gasteiger partial charge in [0.25, 0.3) is 0 Å². The van der Waals surface area contributed by atoms with Gasteiger partial charge in [-0.2, -0.15) is 0 Å². The van der Waals surface area contributed by atoms with Crippen molar-refractivity contribution < 1.29 is 0 Å². The minimum Gasteiger partial charge on any atom is -0.383 e. The highest BCUT2D eigenvalue weighted by molar-refractivity contribution is 5.71. The van der Waals surface area contributed by atoms with E-state index in [4.69, 9.17) is 17.1 Å². The van der Waals surface area contributed by atoms with Crippen LogP contribution in [0.5, 0.6) is 0 Å². The average Bonchev–Trinajstić information content (AvgIpc) is 3.19. The van der Waals surface area contributed by atoms with E-state index in [1.807, 2.05) is 34.9 Å². The first-order valence-corrected chi connectivity index (χ1v) is 6.16. The van der Waals surface area contributed by atoms with Crippen molar-refractivity contribution in [2.45, 2.75) is 25.3 Å². The number of imidazole rings is 1. The maximum absolute atomic E-state index is 6.19. The van der Waals surface area contributed by atoms with Crippen LogP contribution in [0.1, 0.15) is 24.6 Å². The van der Waals surface area contributed by atoms with Gasteiger partial charge in [-0.25, -0.2) is 4.98 Å². The fourth-order valence-corrected chi connectivity index (χ4v) is 2.20. The molecule has 0 atom stereocenters. The first-order valence-electron chi connectivity index (χ1n) is 6.16. The molecule has 0 spiro atoms. The number of nitrogens with zero attached hydrogens (tertiary/aromatic N) is 2. The molecule has 1 aliphatic rings.